The molecule has 1 aromatic rings. The monoisotopic (exact) mass is 430 g/mol. The van der Waals surface area contributed by atoms with E-state index in [0.717, 1.165) is 24.2 Å². The molecule has 0 radical (unpaired) electrons. The number of carbonyl (C=O) groups excluding carboxylic acids is 1. The van der Waals surface area contributed by atoms with Crippen molar-refractivity contribution in [2.75, 3.05) is 0 Å². The lowest BCUT2D eigenvalue weighted by Crippen LogP contribution is -2.00. The van der Waals surface area contributed by atoms with Crippen molar-refractivity contribution in [3.05, 3.63) is 34.9 Å². The van der Waals surface area contributed by atoms with E-state index in [1.807, 2.05) is 0 Å². The fourth-order valence-corrected chi connectivity index (χ4v) is 4.16. The van der Waals surface area contributed by atoms with Crippen LogP contribution in [0.2, 0.25) is 0 Å². The molecule has 0 aliphatic heterocycles. The number of rotatable bonds is 15. The summed E-state index contributed by atoms with van der Waals surface area (Å²) in [5, 5.41) is 19.8. The third kappa shape index (κ3) is 11.4. The number of hydrogen-bond acceptors (Lipinski definition) is 3. The number of carbonyl (C=O) groups is 1. The van der Waals surface area contributed by atoms with Crippen LogP contribution in [0.4, 0.5) is 0 Å². The van der Waals surface area contributed by atoms with Gasteiger partial charge in [0.05, 0.1) is 5.56 Å². The van der Waals surface area contributed by atoms with E-state index in [2.05, 4.69) is 40.7 Å². The summed E-state index contributed by atoms with van der Waals surface area (Å²) in [6.07, 6.45) is 14.3. The van der Waals surface area contributed by atoms with Crippen LogP contribution in [0, 0.1) is 17.8 Å². The van der Waals surface area contributed by atoms with Gasteiger partial charge in [0.25, 0.3) is 0 Å². The maximum Gasteiger partial charge on any atom is 0.163 e. The minimum atomic E-state index is -0.196. The SMILES string of the molecule is CC(=O)c1cc(C/C=C(\C)CCCC(C)CCCC(C)CCCC(C)C)c(O)cc1O. The molecule has 0 amide bonds. The van der Waals surface area contributed by atoms with Crippen LogP contribution in [0.3, 0.4) is 0 Å². The fraction of sp³-hybridized carbons (Fsp3) is 0.679. The van der Waals surface area contributed by atoms with Crippen LogP contribution < -0.4 is 0 Å². The van der Waals surface area contributed by atoms with Gasteiger partial charge in [-0.3, -0.25) is 4.79 Å². The van der Waals surface area contributed by atoms with Crippen molar-refractivity contribution in [2.24, 2.45) is 17.8 Å². The van der Waals surface area contributed by atoms with Gasteiger partial charge >= 0.3 is 0 Å². The van der Waals surface area contributed by atoms with Crippen molar-refractivity contribution < 1.29 is 15.0 Å². The lowest BCUT2D eigenvalue weighted by atomic mass is 9.91. The summed E-state index contributed by atoms with van der Waals surface area (Å²) in [5.74, 6) is 2.14. The highest BCUT2D eigenvalue weighted by atomic mass is 16.3. The van der Waals surface area contributed by atoms with Crippen molar-refractivity contribution in [2.45, 2.75) is 106 Å². The molecular weight excluding hydrogens is 384 g/mol. The second-order valence-electron chi connectivity index (χ2n) is 10.2. The molecule has 0 heterocycles. The van der Waals surface area contributed by atoms with Crippen LogP contribution in [0.1, 0.15) is 115 Å². The molecule has 2 unspecified atom stereocenters. The Hall–Kier alpha value is -1.77. The summed E-state index contributed by atoms with van der Waals surface area (Å²) in [5.41, 5.74) is 2.25. The first kappa shape index (κ1) is 27.3. The van der Waals surface area contributed by atoms with Gasteiger partial charge in [0.1, 0.15) is 11.5 Å². The molecule has 0 bridgehead atoms. The van der Waals surface area contributed by atoms with Crippen LogP contribution in [0.25, 0.3) is 0 Å². The molecule has 31 heavy (non-hydrogen) atoms. The van der Waals surface area contributed by atoms with Gasteiger partial charge in [-0.15, -0.1) is 0 Å². The van der Waals surface area contributed by atoms with E-state index in [1.165, 1.54) is 69.9 Å². The average molecular weight is 431 g/mol. The van der Waals surface area contributed by atoms with E-state index < -0.39 is 0 Å². The summed E-state index contributed by atoms with van der Waals surface area (Å²) < 4.78 is 0. The molecule has 0 aliphatic carbocycles. The van der Waals surface area contributed by atoms with Gasteiger partial charge < -0.3 is 10.2 Å². The van der Waals surface area contributed by atoms with Crippen molar-refractivity contribution >= 4 is 5.78 Å². The lowest BCUT2D eigenvalue weighted by molar-refractivity contribution is 0.101. The van der Waals surface area contributed by atoms with Crippen LogP contribution in [0.5, 0.6) is 11.5 Å². The predicted octanol–water partition coefficient (Wildman–Crippen LogP) is 8.23. The Morgan fingerprint density at radius 3 is 1.94 bits per heavy atom. The van der Waals surface area contributed by atoms with Gasteiger partial charge in [0, 0.05) is 6.07 Å². The Balaban J connectivity index is 2.30. The van der Waals surface area contributed by atoms with E-state index in [4.69, 9.17) is 0 Å². The molecule has 0 aromatic heterocycles. The average Bonchev–Trinajstić information content (AvgIpc) is 2.66. The second-order valence-corrected chi connectivity index (χ2v) is 10.2. The van der Waals surface area contributed by atoms with E-state index in [9.17, 15) is 15.0 Å². The summed E-state index contributed by atoms with van der Waals surface area (Å²) in [6.45, 7) is 13.0. The Kier molecular flexibility index (Phi) is 12.6. The third-order valence-corrected chi connectivity index (χ3v) is 6.39. The lowest BCUT2D eigenvalue weighted by Gasteiger charge is -2.15. The number of hydrogen-bond donors (Lipinski definition) is 2. The maximum absolute atomic E-state index is 11.6. The Labute approximate surface area is 191 Å². The fourth-order valence-electron chi connectivity index (χ4n) is 4.16. The zero-order valence-electron chi connectivity index (χ0n) is 20.8. The predicted molar refractivity (Wildman–Crippen MR) is 132 cm³/mol. The molecule has 1 aromatic carbocycles. The largest absolute Gasteiger partial charge is 0.508 e. The molecule has 1 rings (SSSR count). The highest BCUT2D eigenvalue weighted by molar-refractivity contribution is 5.97. The second kappa shape index (κ2) is 14.3. The smallest absolute Gasteiger partial charge is 0.163 e. The molecule has 3 heteroatoms. The summed E-state index contributed by atoms with van der Waals surface area (Å²) in [4.78, 5) is 11.6. The topological polar surface area (TPSA) is 57.5 Å². The van der Waals surface area contributed by atoms with Crippen molar-refractivity contribution in [3.8, 4) is 11.5 Å². The number of phenolic OH excluding ortho intramolecular Hbond substituents is 2. The molecule has 0 saturated heterocycles. The zero-order valence-corrected chi connectivity index (χ0v) is 20.8. The van der Waals surface area contributed by atoms with Gasteiger partial charge in [-0.2, -0.15) is 0 Å². The first-order chi connectivity index (χ1) is 14.6. The first-order valence-corrected chi connectivity index (χ1v) is 12.3. The standard InChI is InChI=1S/C28H46O3/c1-20(2)10-7-11-21(3)12-8-13-22(4)14-9-15-23(5)16-17-25-18-26(24(6)29)28(31)19-27(25)30/h16,18-22,30-31H,7-15,17H2,1-6H3/b23-16+. The van der Waals surface area contributed by atoms with Gasteiger partial charge in [-0.1, -0.05) is 84.3 Å². The number of aromatic hydroxyl groups is 2. The number of allylic oxidation sites excluding steroid dienone is 2. The van der Waals surface area contributed by atoms with Crippen molar-refractivity contribution in [3.63, 3.8) is 0 Å². The van der Waals surface area contributed by atoms with Crippen LogP contribution >= 0.6 is 0 Å². The molecule has 0 saturated carbocycles. The van der Waals surface area contributed by atoms with Crippen LogP contribution in [0.15, 0.2) is 23.8 Å². The minimum absolute atomic E-state index is 0.0404. The Bertz CT molecular complexity index is 702. The zero-order chi connectivity index (χ0) is 23.4. The van der Waals surface area contributed by atoms with Gasteiger partial charge in [0.15, 0.2) is 5.78 Å². The molecule has 3 nitrogen and oxygen atoms in total. The van der Waals surface area contributed by atoms with E-state index in [-0.39, 0.29) is 22.8 Å². The molecule has 0 spiro atoms. The van der Waals surface area contributed by atoms with Crippen molar-refractivity contribution in [1.82, 2.24) is 0 Å². The van der Waals surface area contributed by atoms with Crippen LogP contribution in [-0.2, 0) is 6.42 Å². The number of phenols is 2. The van der Waals surface area contributed by atoms with Gasteiger partial charge in [-0.05, 0) is 62.5 Å². The van der Waals surface area contributed by atoms with Crippen LogP contribution in [-0.4, -0.2) is 16.0 Å². The Morgan fingerprint density at radius 1 is 0.839 bits per heavy atom. The maximum atomic E-state index is 11.6. The minimum Gasteiger partial charge on any atom is -0.508 e. The molecule has 0 aliphatic rings. The normalized spacial score (nSPS) is 14.1. The Morgan fingerprint density at radius 2 is 1.39 bits per heavy atom. The van der Waals surface area contributed by atoms with Crippen molar-refractivity contribution in [1.29, 1.82) is 0 Å². The summed E-state index contributed by atoms with van der Waals surface area (Å²) in [6, 6.07) is 2.87. The van der Waals surface area contributed by atoms with Gasteiger partial charge in [-0.25, -0.2) is 0 Å². The molecule has 2 atom stereocenters. The van der Waals surface area contributed by atoms with E-state index in [1.54, 1.807) is 6.07 Å². The molecular formula is C28H46O3. The highest BCUT2D eigenvalue weighted by Gasteiger charge is 2.11. The van der Waals surface area contributed by atoms with Gasteiger partial charge in [0.2, 0.25) is 0 Å². The number of Topliss-reactive ketones (excluding diaryl/α,β-unsaturated/α-hetero) is 1. The third-order valence-electron chi connectivity index (χ3n) is 6.39. The summed E-state index contributed by atoms with van der Waals surface area (Å²) >= 11 is 0. The molecule has 2 N–H and O–H groups in total. The number of benzene rings is 1. The van der Waals surface area contributed by atoms with E-state index in [0.29, 0.717) is 12.0 Å². The molecule has 176 valence electrons. The number of ketones is 1. The molecule has 0 fully saturated rings. The first-order valence-electron chi connectivity index (χ1n) is 12.3. The van der Waals surface area contributed by atoms with E-state index >= 15 is 0 Å². The highest BCUT2D eigenvalue weighted by Crippen LogP contribution is 2.29. The quantitative estimate of drug-likeness (QED) is 0.218. The summed E-state index contributed by atoms with van der Waals surface area (Å²) in [7, 11) is 0.